The van der Waals surface area contributed by atoms with Crippen LogP contribution in [0.1, 0.15) is 31.5 Å². The molecule has 0 aliphatic heterocycles. The van der Waals surface area contributed by atoms with E-state index >= 15 is 0 Å². The summed E-state index contributed by atoms with van der Waals surface area (Å²) >= 11 is 1.78. The van der Waals surface area contributed by atoms with Gasteiger partial charge in [-0.2, -0.15) is 0 Å². The molecule has 0 saturated heterocycles. The molecule has 3 rings (SSSR count). The molecule has 0 aromatic carbocycles. The van der Waals surface area contributed by atoms with Crippen molar-refractivity contribution < 1.29 is 0 Å². The number of pyridine rings is 1. The Hall–Kier alpha value is -1.68. The second-order valence-electron chi connectivity index (χ2n) is 6.78. The first kappa shape index (κ1) is 21.6. The molecule has 0 radical (unpaired) electrons. The van der Waals surface area contributed by atoms with Crippen LogP contribution in [0.3, 0.4) is 0 Å². The van der Waals surface area contributed by atoms with E-state index < -0.39 is 0 Å². The van der Waals surface area contributed by atoms with E-state index in [-0.39, 0.29) is 29.4 Å². The van der Waals surface area contributed by atoms with E-state index in [2.05, 4.69) is 59.1 Å². The first-order valence-corrected chi connectivity index (χ1v) is 9.83. The minimum Gasteiger partial charge on any atom is -0.357 e. The van der Waals surface area contributed by atoms with Gasteiger partial charge >= 0.3 is 0 Å². The number of aliphatic imine (C=N–C) groups is 1. The van der Waals surface area contributed by atoms with Crippen LogP contribution in [0.2, 0.25) is 0 Å². The van der Waals surface area contributed by atoms with Crippen molar-refractivity contribution >= 4 is 46.9 Å². The molecule has 3 aromatic rings. The highest BCUT2D eigenvalue weighted by molar-refractivity contribution is 14.0. The number of rotatable bonds is 7. The van der Waals surface area contributed by atoms with Crippen LogP contribution in [-0.4, -0.2) is 40.2 Å². The lowest BCUT2D eigenvalue weighted by Gasteiger charge is -2.21. The van der Waals surface area contributed by atoms with Crippen molar-refractivity contribution in [2.45, 2.75) is 32.6 Å². The van der Waals surface area contributed by atoms with E-state index in [4.69, 9.17) is 4.99 Å². The molecule has 0 unspecified atom stereocenters. The quantitative estimate of drug-likeness (QED) is 0.298. The second kappa shape index (κ2) is 10.0. The molecule has 0 aliphatic carbocycles. The number of nitrogens with zero attached hydrogens (tertiary/aromatic N) is 4. The first-order chi connectivity index (χ1) is 12.6. The van der Waals surface area contributed by atoms with Gasteiger partial charge in [0.05, 0.1) is 6.54 Å². The van der Waals surface area contributed by atoms with Crippen molar-refractivity contribution in [1.29, 1.82) is 0 Å². The van der Waals surface area contributed by atoms with Gasteiger partial charge in [0.2, 0.25) is 0 Å². The molecular formula is C19H27IN6S. The van der Waals surface area contributed by atoms with Gasteiger partial charge in [-0.15, -0.1) is 45.5 Å². The average molecular weight is 498 g/mol. The molecule has 3 heterocycles. The van der Waals surface area contributed by atoms with E-state index in [0.717, 1.165) is 43.5 Å². The van der Waals surface area contributed by atoms with Crippen LogP contribution in [0, 0.1) is 0 Å². The number of nitrogens with one attached hydrogen (secondary N) is 2. The van der Waals surface area contributed by atoms with Gasteiger partial charge in [-0.25, -0.2) is 0 Å². The number of halogens is 1. The molecule has 0 fully saturated rings. The monoisotopic (exact) mass is 498 g/mol. The zero-order chi connectivity index (χ0) is 18.4. The van der Waals surface area contributed by atoms with Gasteiger partial charge in [0, 0.05) is 36.0 Å². The van der Waals surface area contributed by atoms with E-state index in [1.165, 1.54) is 4.88 Å². The maximum atomic E-state index is 4.78. The molecule has 0 spiro atoms. The van der Waals surface area contributed by atoms with E-state index in [9.17, 15) is 0 Å². The van der Waals surface area contributed by atoms with Gasteiger partial charge in [0.1, 0.15) is 5.82 Å². The second-order valence-corrected chi connectivity index (χ2v) is 7.73. The maximum absolute atomic E-state index is 4.78. The normalized spacial score (nSPS) is 12.0. The fraction of sp³-hybridized carbons (Fsp3) is 0.421. The summed E-state index contributed by atoms with van der Waals surface area (Å²) in [6.45, 7) is 8.85. The summed E-state index contributed by atoms with van der Waals surface area (Å²) in [4.78, 5) is 6.13. The summed E-state index contributed by atoms with van der Waals surface area (Å²) in [6, 6.07) is 10.2. The Morgan fingerprint density at radius 1 is 1.19 bits per heavy atom. The van der Waals surface area contributed by atoms with Crippen molar-refractivity contribution in [3.63, 3.8) is 0 Å². The minimum atomic E-state index is 0. The first-order valence-electron chi connectivity index (χ1n) is 8.95. The van der Waals surface area contributed by atoms with Crippen molar-refractivity contribution in [3.05, 3.63) is 52.6 Å². The minimum absolute atomic E-state index is 0. The molecule has 0 atom stereocenters. The molecule has 3 aromatic heterocycles. The molecule has 0 saturated carbocycles. The summed E-state index contributed by atoms with van der Waals surface area (Å²) in [5.41, 5.74) is 0.903. The number of aromatic nitrogens is 3. The Balaban J connectivity index is 0.00000261. The third-order valence-corrected chi connectivity index (χ3v) is 5.43. The highest BCUT2D eigenvalue weighted by Crippen LogP contribution is 2.27. The van der Waals surface area contributed by atoms with Gasteiger partial charge in [-0.3, -0.25) is 9.39 Å². The fourth-order valence-electron chi connectivity index (χ4n) is 2.71. The molecule has 27 heavy (non-hydrogen) atoms. The molecule has 146 valence electrons. The Kier molecular flexibility index (Phi) is 8.03. The third-order valence-electron chi connectivity index (χ3n) is 4.19. The van der Waals surface area contributed by atoms with Crippen LogP contribution in [0.5, 0.6) is 0 Å². The van der Waals surface area contributed by atoms with Crippen molar-refractivity contribution in [2.75, 3.05) is 19.6 Å². The molecule has 0 amide bonds. The Morgan fingerprint density at radius 3 is 2.78 bits per heavy atom. The van der Waals surface area contributed by atoms with Crippen LogP contribution in [0.25, 0.3) is 5.65 Å². The number of hydrogen-bond donors (Lipinski definition) is 2. The van der Waals surface area contributed by atoms with E-state index in [0.29, 0.717) is 0 Å². The number of guanidine groups is 1. The summed E-state index contributed by atoms with van der Waals surface area (Å²) < 4.78 is 2.02. The van der Waals surface area contributed by atoms with Crippen molar-refractivity contribution in [1.82, 2.24) is 25.2 Å². The standard InChI is InChI=1S/C19H26N6S.HI/c1-4-20-18(22-14-19(2,3)15-8-7-13-26-15)21-11-10-17-24-23-16-9-5-6-12-25(16)17;/h5-9,12-13H,4,10-11,14H2,1-3H3,(H2,20,21,22);1H. The predicted molar refractivity (Wildman–Crippen MR) is 123 cm³/mol. The molecule has 0 aliphatic rings. The summed E-state index contributed by atoms with van der Waals surface area (Å²) in [5, 5.41) is 17.3. The Bertz CT molecular complexity index is 856. The van der Waals surface area contributed by atoms with Gasteiger partial charge in [-0.05, 0) is 30.5 Å². The van der Waals surface area contributed by atoms with Crippen LogP contribution in [-0.2, 0) is 11.8 Å². The molecule has 8 heteroatoms. The van der Waals surface area contributed by atoms with Gasteiger partial charge in [0.25, 0.3) is 0 Å². The summed E-state index contributed by atoms with van der Waals surface area (Å²) in [5.74, 6) is 1.79. The SMILES string of the molecule is CCNC(=NCC(C)(C)c1cccs1)NCCc1nnc2ccccn12.I. The van der Waals surface area contributed by atoms with Gasteiger partial charge in [-0.1, -0.05) is 26.0 Å². The largest absolute Gasteiger partial charge is 0.357 e. The van der Waals surface area contributed by atoms with Gasteiger partial charge in [0.15, 0.2) is 11.6 Å². The summed E-state index contributed by atoms with van der Waals surface area (Å²) in [7, 11) is 0. The Labute approximate surface area is 181 Å². The predicted octanol–water partition coefficient (Wildman–Crippen LogP) is 3.48. The van der Waals surface area contributed by atoms with Crippen LogP contribution >= 0.6 is 35.3 Å². The van der Waals surface area contributed by atoms with E-state index in [1.807, 2.05) is 28.8 Å². The van der Waals surface area contributed by atoms with Crippen LogP contribution in [0.15, 0.2) is 46.9 Å². The average Bonchev–Trinajstić information content (AvgIpc) is 3.30. The van der Waals surface area contributed by atoms with Gasteiger partial charge < -0.3 is 10.6 Å². The van der Waals surface area contributed by atoms with Crippen molar-refractivity contribution in [2.24, 2.45) is 4.99 Å². The highest BCUT2D eigenvalue weighted by Gasteiger charge is 2.21. The number of hydrogen-bond acceptors (Lipinski definition) is 4. The highest BCUT2D eigenvalue weighted by atomic mass is 127. The third kappa shape index (κ3) is 5.65. The topological polar surface area (TPSA) is 66.6 Å². The lowest BCUT2D eigenvalue weighted by Crippen LogP contribution is -2.39. The maximum Gasteiger partial charge on any atom is 0.191 e. The zero-order valence-corrected chi connectivity index (χ0v) is 19.1. The molecule has 0 bridgehead atoms. The molecule has 2 N–H and O–H groups in total. The molecule has 6 nitrogen and oxygen atoms in total. The van der Waals surface area contributed by atoms with Crippen LogP contribution < -0.4 is 10.6 Å². The zero-order valence-electron chi connectivity index (χ0n) is 16.0. The number of fused-ring (bicyclic) bond motifs is 1. The van der Waals surface area contributed by atoms with E-state index in [1.54, 1.807) is 11.3 Å². The smallest absolute Gasteiger partial charge is 0.191 e. The Morgan fingerprint density at radius 2 is 2.04 bits per heavy atom. The summed E-state index contributed by atoms with van der Waals surface area (Å²) in [6.07, 6.45) is 2.78. The lowest BCUT2D eigenvalue weighted by atomic mass is 9.92. The number of thiophene rings is 1. The fourth-order valence-corrected chi connectivity index (χ4v) is 3.56. The molecular weight excluding hydrogens is 471 g/mol. The van der Waals surface area contributed by atoms with Crippen molar-refractivity contribution in [3.8, 4) is 0 Å². The lowest BCUT2D eigenvalue weighted by molar-refractivity contribution is 0.548. The van der Waals surface area contributed by atoms with Crippen LogP contribution in [0.4, 0.5) is 0 Å².